The van der Waals surface area contributed by atoms with Gasteiger partial charge in [0.05, 0.1) is 11.0 Å². The molecule has 3 nitrogen and oxygen atoms in total. The highest BCUT2D eigenvalue weighted by Gasteiger charge is 2.28. The standard InChI is InChI=1S/C17H15BrN2O/c1-10-2-3-11(8-16(10)21)17-19-14-9-12(18)4-7-15(14)20(17)13-5-6-13/h2-4,7-9,13,21H,5-6H2,1H3. The van der Waals surface area contributed by atoms with Crippen molar-refractivity contribution >= 4 is 27.0 Å². The van der Waals surface area contributed by atoms with Gasteiger partial charge in [-0.2, -0.15) is 0 Å². The van der Waals surface area contributed by atoms with Crippen LogP contribution in [0.15, 0.2) is 40.9 Å². The van der Waals surface area contributed by atoms with Crippen molar-refractivity contribution in [3.8, 4) is 17.1 Å². The normalized spacial score (nSPS) is 14.8. The van der Waals surface area contributed by atoms with Crippen LogP contribution in [-0.4, -0.2) is 14.7 Å². The van der Waals surface area contributed by atoms with E-state index in [1.807, 2.05) is 31.2 Å². The molecule has 3 aromatic rings. The van der Waals surface area contributed by atoms with Gasteiger partial charge in [-0.05, 0) is 49.6 Å². The minimum absolute atomic E-state index is 0.322. The summed E-state index contributed by atoms with van der Waals surface area (Å²) in [4.78, 5) is 4.80. The quantitative estimate of drug-likeness (QED) is 0.725. The zero-order valence-corrected chi connectivity index (χ0v) is 13.3. The summed E-state index contributed by atoms with van der Waals surface area (Å²) in [6.07, 6.45) is 2.40. The number of aryl methyl sites for hydroxylation is 1. The first-order valence-corrected chi connectivity index (χ1v) is 7.90. The van der Waals surface area contributed by atoms with Crippen LogP contribution in [0.1, 0.15) is 24.4 Å². The Morgan fingerprint density at radius 3 is 2.71 bits per heavy atom. The van der Waals surface area contributed by atoms with E-state index in [1.165, 1.54) is 12.8 Å². The zero-order valence-electron chi connectivity index (χ0n) is 11.7. The number of halogens is 1. The SMILES string of the molecule is Cc1ccc(-c2nc3cc(Br)ccc3n2C2CC2)cc1O. The molecule has 0 aliphatic heterocycles. The summed E-state index contributed by atoms with van der Waals surface area (Å²) < 4.78 is 3.35. The number of phenolic OH excluding ortho intramolecular Hbond substituents is 1. The van der Waals surface area contributed by atoms with Gasteiger partial charge >= 0.3 is 0 Å². The lowest BCUT2D eigenvalue weighted by atomic mass is 10.1. The predicted molar refractivity (Wildman–Crippen MR) is 87.5 cm³/mol. The van der Waals surface area contributed by atoms with Gasteiger partial charge in [-0.15, -0.1) is 0 Å². The third kappa shape index (κ3) is 2.14. The second kappa shape index (κ2) is 4.60. The Bertz CT molecular complexity index is 849. The van der Waals surface area contributed by atoms with Crippen LogP contribution >= 0.6 is 15.9 Å². The third-order valence-electron chi connectivity index (χ3n) is 4.03. The van der Waals surface area contributed by atoms with Gasteiger partial charge in [0.15, 0.2) is 0 Å². The fraction of sp³-hybridized carbons (Fsp3) is 0.235. The molecule has 0 bridgehead atoms. The summed E-state index contributed by atoms with van der Waals surface area (Å²) in [5.41, 5.74) is 4.01. The summed E-state index contributed by atoms with van der Waals surface area (Å²) in [5.74, 6) is 1.27. The van der Waals surface area contributed by atoms with Crippen LogP contribution in [0.2, 0.25) is 0 Å². The number of aromatic hydroxyl groups is 1. The van der Waals surface area contributed by atoms with Gasteiger partial charge in [0.2, 0.25) is 0 Å². The average Bonchev–Trinajstić information content (AvgIpc) is 3.22. The molecule has 0 saturated heterocycles. The average molecular weight is 343 g/mol. The molecule has 0 amide bonds. The van der Waals surface area contributed by atoms with E-state index >= 15 is 0 Å². The van der Waals surface area contributed by atoms with E-state index in [4.69, 9.17) is 4.98 Å². The molecular formula is C17H15BrN2O. The van der Waals surface area contributed by atoms with Gasteiger partial charge in [0, 0.05) is 16.1 Å². The van der Waals surface area contributed by atoms with Crippen LogP contribution in [-0.2, 0) is 0 Å². The number of hydrogen-bond acceptors (Lipinski definition) is 2. The molecule has 1 fully saturated rings. The van der Waals surface area contributed by atoms with Gasteiger partial charge in [-0.3, -0.25) is 0 Å². The molecular weight excluding hydrogens is 328 g/mol. The molecule has 1 saturated carbocycles. The molecule has 1 aromatic heterocycles. The third-order valence-corrected chi connectivity index (χ3v) is 4.52. The molecule has 1 aliphatic rings. The predicted octanol–water partition coefficient (Wildman–Crippen LogP) is 4.81. The lowest BCUT2D eigenvalue weighted by Gasteiger charge is -2.09. The molecule has 0 spiro atoms. The van der Waals surface area contributed by atoms with Crippen molar-refractivity contribution in [2.75, 3.05) is 0 Å². The summed E-state index contributed by atoms with van der Waals surface area (Å²) in [5, 5.41) is 9.98. The summed E-state index contributed by atoms with van der Waals surface area (Å²) >= 11 is 3.51. The summed E-state index contributed by atoms with van der Waals surface area (Å²) in [6.45, 7) is 1.90. The monoisotopic (exact) mass is 342 g/mol. The zero-order chi connectivity index (χ0) is 14.6. The van der Waals surface area contributed by atoms with Crippen LogP contribution in [0.4, 0.5) is 0 Å². The highest BCUT2D eigenvalue weighted by atomic mass is 79.9. The van der Waals surface area contributed by atoms with E-state index < -0.39 is 0 Å². The van der Waals surface area contributed by atoms with E-state index in [1.54, 1.807) is 0 Å². The van der Waals surface area contributed by atoms with Crippen LogP contribution < -0.4 is 0 Å². The Hall–Kier alpha value is -1.81. The van der Waals surface area contributed by atoms with Gasteiger partial charge in [-0.25, -0.2) is 4.98 Å². The second-order valence-corrected chi connectivity index (χ2v) is 6.59. The second-order valence-electron chi connectivity index (χ2n) is 5.67. The number of hydrogen-bond donors (Lipinski definition) is 1. The minimum Gasteiger partial charge on any atom is -0.508 e. The Labute approximate surface area is 131 Å². The molecule has 21 heavy (non-hydrogen) atoms. The molecule has 1 N–H and O–H groups in total. The smallest absolute Gasteiger partial charge is 0.141 e. The highest BCUT2D eigenvalue weighted by molar-refractivity contribution is 9.10. The minimum atomic E-state index is 0.322. The number of rotatable bonds is 2. The molecule has 2 aromatic carbocycles. The van der Waals surface area contributed by atoms with Gasteiger partial charge in [-0.1, -0.05) is 28.1 Å². The van der Waals surface area contributed by atoms with E-state index in [9.17, 15) is 5.11 Å². The van der Waals surface area contributed by atoms with Crippen molar-refractivity contribution in [1.82, 2.24) is 9.55 Å². The maximum atomic E-state index is 9.98. The molecule has 106 valence electrons. The van der Waals surface area contributed by atoms with Crippen LogP contribution in [0, 0.1) is 6.92 Å². The molecule has 4 rings (SSSR count). The number of fused-ring (bicyclic) bond motifs is 1. The van der Waals surface area contributed by atoms with Gasteiger partial charge < -0.3 is 9.67 Å². The van der Waals surface area contributed by atoms with Crippen LogP contribution in [0.25, 0.3) is 22.4 Å². The van der Waals surface area contributed by atoms with E-state index in [0.29, 0.717) is 11.8 Å². The van der Waals surface area contributed by atoms with E-state index in [0.717, 1.165) is 32.5 Å². The Morgan fingerprint density at radius 1 is 1.19 bits per heavy atom. The van der Waals surface area contributed by atoms with Gasteiger partial charge in [0.25, 0.3) is 0 Å². The Morgan fingerprint density at radius 2 is 2.00 bits per heavy atom. The molecule has 1 heterocycles. The molecule has 0 atom stereocenters. The van der Waals surface area contributed by atoms with Crippen molar-refractivity contribution in [2.24, 2.45) is 0 Å². The molecule has 0 radical (unpaired) electrons. The first kappa shape index (κ1) is 12.9. The fourth-order valence-electron chi connectivity index (χ4n) is 2.73. The van der Waals surface area contributed by atoms with E-state index in [-0.39, 0.29) is 0 Å². The maximum absolute atomic E-state index is 9.98. The molecule has 4 heteroatoms. The number of nitrogens with zero attached hydrogens (tertiary/aromatic N) is 2. The Balaban J connectivity index is 1.98. The van der Waals surface area contributed by atoms with Crippen LogP contribution in [0.3, 0.4) is 0 Å². The van der Waals surface area contributed by atoms with Crippen molar-refractivity contribution in [2.45, 2.75) is 25.8 Å². The van der Waals surface area contributed by atoms with Crippen molar-refractivity contribution < 1.29 is 5.11 Å². The van der Waals surface area contributed by atoms with Gasteiger partial charge in [0.1, 0.15) is 11.6 Å². The van der Waals surface area contributed by atoms with E-state index in [2.05, 4.69) is 32.6 Å². The summed E-state index contributed by atoms with van der Waals surface area (Å²) in [7, 11) is 0. The number of phenols is 1. The summed E-state index contributed by atoms with van der Waals surface area (Å²) in [6, 6.07) is 12.5. The number of benzene rings is 2. The lowest BCUT2D eigenvalue weighted by molar-refractivity contribution is 0.471. The van der Waals surface area contributed by atoms with Crippen molar-refractivity contribution in [1.29, 1.82) is 0 Å². The first-order chi connectivity index (χ1) is 10.1. The lowest BCUT2D eigenvalue weighted by Crippen LogP contribution is -1.97. The Kier molecular flexibility index (Phi) is 2.82. The highest BCUT2D eigenvalue weighted by Crippen LogP contribution is 2.42. The molecule has 0 unspecified atom stereocenters. The fourth-order valence-corrected chi connectivity index (χ4v) is 3.08. The molecule has 1 aliphatic carbocycles. The first-order valence-electron chi connectivity index (χ1n) is 7.11. The van der Waals surface area contributed by atoms with Crippen molar-refractivity contribution in [3.05, 3.63) is 46.4 Å². The van der Waals surface area contributed by atoms with Crippen LogP contribution in [0.5, 0.6) is 5.75 Å². The number of imidazole rings is 1. The number of aromatic nitrogens is 2. The topological polar surface area (TPSA) is 38.0 Å². The largest absolute Gasteiger partial charge is 0.508 e. The van der Waals surface area contributed by atoms with Crippen molar-refractivity contribution in [3.63, 3.8) is 0 Å². The maximum Gasteiger partial charge on any atom is 0.141 e.